The average molecular weight is 470 g/mol. The predicted molar refractivity (Wildman–Crippen MR) is 105 cm³/mol. The summed E-state index contributed by atoms with van der Waals surface area (Å²) in [5.74, 6) is 0.520. The van der Waals surface area contributed by atoms with Gasteiger partial charge in [0.1, 0.15) is 11.9 Å². The van der Waals surface area contributed by atoms with Crippen molar-refractivity contribution in [3.05, 3.63) is 51.6 Å². The smallest absolute Gasteiger partial charge is 0.338 e. The Morgan fingerprint density at radius 2 is 2.19 bits per heavy atom. The summed E-state index contributed by atoms with van der Waals surface area (Å²) in [5, 5.41) is 0. The first kappa shape index (κ1) is 19.3. The third-order valence-corrected chi connectivity index (χ3v) is 5.00. The fourth-order valence-electron chi connectivity index (χ4n) is 2.80. The van der Waals surface area contributed by atoms with Gasteiger partial charge in [0.2, 0.25) is 0 Å². The van der Waals surface area contributed by atoms with E-state index in [-0.39, 0.29) is 12.3 Å². The summed E-state index contributed by atoms with van der Waals surface area (Å²) in [6.45, 7) is 3.43. The van der Waals surface area contributed by atoms with E-state index in [9.17, 15) is 4.79 Å². The van der Waals surface area contributed by atoms with Gasteiger partial charge in [0.05, 0.1) is 18.7 Å². The van der Waals surface area contributed by atoms with Crippen LogP contribution in [0.2, 0.25) is 0 Å². The highest BCUT2D eigenvalue weighted by Crippen LogP contribution is 2.16. The van der Waals surface area contributed by atoms with Crippen molar-refractivity contribution in [2.45, 2.75) is 45.1 Å². The zero-order chi connectivity index (χ0) is 18.4. The molecule has 2 atom stereocenters. The number of ether oxygens (including phenoxy) is 3. The maximum atomic E-state index is 12.5. The standard InChI is InChI=1S/C19H23IN2O4/c1-14-21-9-10-22(14)12-17(13-25-18-4-2-3-11-24-18)26-19(23)15-5-7-16(20)8-6-15/h5-10,17-18H,2-4,11-13H2,1H3. The first-order chi connectivity index (χ1) is 12.6. The number of imidazole rings is 1. The van der Waals surface area contributed by atoms with Crippen molar-refractivity contribution in [1.29, 1.82) is 0 Å². The summed E-state index contributed by atoms with van der Waals surface area (Å²) in [4.78, 5) is 16.7. The Labute approximate surface area is 167 Å². The average Bonchev–Trinajstić information content (AvgIpc) is 3.05. The predicted octanol–water partition coefficient (Wildman–Crippen LogP) is 3.56. The monoisotopic (exact) mass is 470 g/mol. The van der Waals surface area contributed by atoms with Gasteiger partial charge in [0.25, 0.3) is 0 Å². The van der Waals surface area contributed by atoms with Crippen LogP contribution in [-0.2, 0) is 20.8 Å². The summed E-state index contributed by atoms with van der Waals surface area (Å²) in [6, 6.07) is 7.32. The van der Waals surface area contributed by atoms with E-state index in [0.717, 1.165) is 35.3 Å². The van der Waals surface area contributed by atoms with Crippen molar-refractivity contribution in [3.63, 3.8) is 0 Å². The lowest BCUT2D eigenvalue weighted by Gasteiger charge is -2.26. The molecule has 6 nitrogen and oxygen atoms in total. The van der Waals surface area contributed by atoms with Gasteiger partial charge in [-0.05, 0) is 73.0 Å². The third-order valence-electron chi connectivity index (χ3n) is 4.28. The molecule has 26 heavy (non-hydrogen) atoms. The van der Waals surface area contributed by atoms with Crippen LogP contribution in [-0.4, -0.2) is 41.1 Å². The second kappa shape index (κ2) is 9.48. The third kappa shape index (κ3) is 5.52. The molecule has 0 bridgehead atoms. The van der Waals surface area contributed by atoms with Crippen LogP contribution < -0.4 is 0 Å². The largest absolute Gasteiger partial charge is 0.454 e. The van der Waals surface area contributed by atoms with Gasteiger partial charge >= 0.3 is 5.97 Å². The quantitative estimate of drug-likeness (QED) is 0.458. The lowest BCUT2D eigenvalue weighted by atomic mass is 10.2. The molecule has 2 unspecified atom stereocenters. The van der Waals surface area contributed by atoms with Crippen molar-refractivity contribution in [2.24, 2.45) is 0 Å². The van der Waals surface area contributed by atoms with Crippen molar-refractivity contribution in [3.8, 4) is 0 Å². The topological polar surface area (TPSA) is 62.6 Å². The molecule has 1 aliphatic heterocycles. The second-order valence-electron chi connectivity index (χ2n) is 6.29. The number of aromatic nitrogens is 2. The minimum atomic E-state index is -0.416. The molecule has 2 aromatic rings. The number of hydrogen-bond acceptors (Lipinski definition) is 5. The zero-order valence-corrected chi connectivity index (χ0v) is 16.9. The van der Waals surface area contributed by atoms with E-state index < -0.39 is 6.10 Å². The Morgan fingerprint density at radius 3 is 2.85 bits per heavy atom. The summed E-state index contributed by atoms with van der Waals surface area (Å²) in [6.07, 6.45) is 6.02. The molecular weight excluding hydrogens is 447 g/mol. The van der Waals surface area contributed by atoms with Gasteiger partial charge in [-0.25, -0.2) is 9.78 Å². The van der Waals surface area contributed by atoms with Crippen LogP contribution in [0.4, 0.5) is 0 Å². The number of carbonyl (C=O) groups excluding carboxylic acids is 1. The Hall–Kier alpha value is -1.45. The van der Waals surface area contributed by atoms with Gasteiger partial charge in [-0.1, -0.05) is 0 Å². The number of rotatable bonds is 7. The van der Waals surface area contributed by atoms with Gasteiger partial charge < -0.3 is 18.8 Å². The fraction of sp³-hybridized carbons (Fsp3) is 0.474. The number of carbonyl (C=O) groups is 1. The fourth-order valence-corrected chi connectivity index (χ4v) is 3.16. The number of nitrogens with zero attached hydrogens (tertiary/aromatic N) is 2. The molecule has 0 spiro atoms. The van der Waals surface area contributed by atoms with Crippen LogP contribution in [0.15, 0.2) is 36.7 Å². The summed E-state index contributed by atoms with van der Waals surface area (Å²) < 4.78 is 20.2. The van der Waals surface area contributed by atoms with Crippen LogP contribution in [0.3, 0.4) is 0 Å². The van der Waals surface area contributed by atoms with Gasteiger partial charge in [-0.3, -0.25) is 0 Å². The zero-order valence-electron chi connectivity index (χ0n) is 14.8. The van der Waals surface area contributed by atoms with Crippen molar-refractivity contribution < 1.29 is 19.0 Å². The van der Waals surface area contributed by atoms with E-state index in [2.05, 4.69) is 27.6 Å². The van der Waals surface area contributed by atoms with Gasteiger partial charge in [0.15, 0.2) is 6.29 Å². The molecule has 0 N–H and O–H groups in total. The molecule has 1 saturated heterocycles. The Kier molecular flexibility index (Phi) is 7.04. The summed E-state index contributed by atoms with van der Waals surface area (Å²) in [7, 11) is 0. The lowest BCUT2D eigenvalue weighted by Crippen LogP contribution is -2.32. The summed E-state index contributed by atoms with van der Waals surface area (Å²) >= 11 is 2.20. The first-order valence-electron chi connectivity index (χ1n) is 8.79. The highest BCUT2D eigenvalue weighted by molar-refractivity contribution is 14.1. The van der Waals surface area contributed by atoms with Crippen molar-refractivity contribution in [1.82, 2.24) is 9.55 Å². The minimum Gasteiger partial charge on any atom is -0.454 e. The molecule has 1 fully saturated rings. The van der Waals surface area contributed by atoms with Gasteiger partial charge in [-0.15, -0.1) is 0 Å². The molecule has 1 aromatic heterocycles. The van der Waals surface area contributed by atoms with Crippen LogP contribution in [0, 0.1) is 10.5 Å². The van der Waals surface area contributed by atoms with E-state index in [1.54, 1.807) is 18.3 Å². The number of halogens is 1. The van der Waals surface area contributed by atoms with E-state index in [1.807, 2.05) is 29.8 Å². The number of benzene rings is 1. The maximum absolute atomic E-state index is 12.5. The maximum Gasteiger partial charge on any atom is 0.338 e. The lowest BCUT2D eigenvalue weighted by molar-refractivity contribution is -0.176. The first-order valence-corrected chi connectivity index (χ1v) is 9.87. The van der Waals surface area contributed by atoms with Crippen LogP contribution in [0.1, 0.15) is 35.4 Å². The highest BCUT2D eigenvalue weighted by atomic mass is 127. The molecule has 1 aromatic carbocycles. The molecule has 1 aliphatic rings. The van der Waals surface area contributed by atoms with Gasteiger partial charge in [0, 0.05) is 22.6 Å². The normalized spacial score (nSPS) is 18.5. The number of esters is 1. The van der Waals surface area contributed by atoms with E-state index in [1.165, 1.54) is 0 Å². The number of aryl methyl sites for hydroxylation is 1. The van der Waals surface area contributed by atoms with Crippen LogP contribution >= 0.6 is 22.6 Å². The summed E-state index contributed by atoms with van der Waals surface area (Å²) in [5.41, 5.74) is 0.534. The molecule has 2 heterocycles. The molecule has 0 aliphatic carbocycles. The Bertz CT molecular complexity index is 711. The number of hydrogen-bond donors (Lipinski definition) is 0. The molecule has 3 rings (SSSR count). The Morgan fingerprint density at radius 1 is 1.38 bits per heavy atom. The van der Waals surface area contributed by atoms with Crippen LogP contribution in [0.5, 0.6) is 0 Å². The SMILES string of the molecule is Cc1nccn1CC(COC1CCCCO1)OC(=O)c1ccc(I)cc1. The Balaban J connectivity index is 1.63. The minimum absolute atomic E-state index is 0.216. The van der Waals surface area contributed by atoms with Crippen molar-refractivity contribution >= 4 is 28.6 Å². The van der Waals surface area contributed by atoms with Gasteiger partial charge in [-0.2, -0.15) is 0 Å². The van der Waals surface area contributed by atoms with Crippen molar-refractivity contribution in [2.75, 3.05) is 13.2 Å². The van der Waals surface area contributed by atoms with Crippen LogP contribution in [0.25, 0.3) is 0 Å². The molecule has 0 radical (unpaired) electrons. The molecule has 140 valence electrons. The molecule has 0 saturated carbocycles. The van der Waals surface area contributed by atoms with E-state index in [4.69, 9.17) is 14.2 Å². The van der Waals surface area contributed by atoms with E-state index in [0.29, 0.717) is 18.7 Å². The van der Waals surface area contributed by atoms with E-state index >= 15 is 0 Å². The molecular formula is C19H23IN2O4. The highest BCUT2D eigenvalue weighted by Gasteiger charge is 2.21. The molecule has 0 amide bonds. The second-order valence-corrected chi connectivity index (χ2v) is 7.54. The molecule has 7 heteroatoms.